The summed E-state index contributed by atoms with van der Waals surface area (Å²) in [4.78, 5) is 0. The summed E-state index contributed by atoms with van der Waals surface area (Å²) in [6.45, 7) is 0. The van der Waals surface area contributed by atoms with E-state index in [2.05, 4.69) is 0 Å². The number of aliphatic hydroxyl groups excluding tert-OH is 1. The molecule has 1 aliphatic rings. The second kappa shape index (κ2) is 6.12. The minimum absolute atomic E-state index is 0.0919. The summed E-state index contributed by atoms with van der Waals surface area (Å²) in [6.07, 6.45) is -3.44. The second-order valence-electron chi connectivity index (χ2n) is 5.55. The van der Waals surface area contributed by atoms with Gasteiger partial charge in [0, 0.05) is 0 Å². The van der Waals surface area contributed by atoms with E-state index in [9.17, 15) is 22.7 Å². The van der Waals surface area contributed by atoms with Gasteiger partial charge >= 0.3 is 6.18 Å². The summed E-state index contributed by atoms with van der Waals surface area (Å²) in [5.74, 6) is -1.66. The summed E-state index contributed by atoms with van der Waals surface area (Å²) < 4.78 is 50.4. The van der Waals surface area contributed by atoms with Gasteiger partial charge in [0.05, 0.1) is 12.0 Å². The van der Waals surface area contributed by atoms with Crippen LogP contribution in [0.3, 0.4) is 0 Å². The molecule has 0 amide bonds. The van der Waals surface area contributed by atoms with Crippen molar-refractivity contribution in [3.8, 4) is 0 Å². The monoisotopic (exact) mass is 290 g/mol. The van der Waals surface area contributed by atoms with Crippen molar-refractivity contribution in [3.63, 3.8) is 0 Å². The fourth-order valence-corrected chi connectivity index (χ4v) is 2.86. The molecule has 112 valence electrons. The van der Waals surface area contributed by atoms with Crippen molar-refractivity contribution in [3.05, 3.63) is 35.6 Å². The first kappa shape index (κ1) is 15.3. The SMILES string of the molecule is OC(Cc1ccc(F)cc1)C1CCC(C(F)(F)F)CC1. The van der Waals surface area contributed by atoms with Crippen molar-refractivity contribution < 1.29 is 22.7 Å². The molecule has 1 saturated carbocycles. The van der Waals surface area contributed by atoms with Gasteiger partial charge in [0.2, 0.25) is 0 Å². The van der Waals surface area contributed by atoms with Crippen molar-refractivity contribution in [2.45, 2.75) is 44.4 Å². The number of hydrogen-bond donors (Lipinski definition) is 1. The molecule has 1 atom stereocenters. The van der Waals surface area contributed by atoms with E-state index in [1.165, 1.54) is 12.1 Å². The van der Waals surface area contributed by atoms with Crippen molar-refractivity contribution in [2.24, 2.45) is 11.8 Å². The third-order valence-corrected chi connectivity index (χ3v) is 4.14. The third-order valence-electron chi connectivity index (χ3n) is 4.14. The zero-order valence-corrected chi connectivity index (χ0v) is 11.0. The topological polar surface area (TPSA) is 20.2 Å². The van der Waals surface area contributed by atoms with Crippen molar-refractivity contribution >= 4 is 0 Å². The Morgan fingerprint density at radius 1 is 1.05 bits per heavy atom. The summed E-state index contributed by atoms with van der Waals surface area (Å²) in [6, 6.07) is 5.84. The van der Waals surface area contributed by atoms with Crippen LogP contribution in [-0.2, 0) is 6.42 Å². The molecule has 0 aromatic heterocycles. The summed E-state index contributed by atoms with van der Waals surface area (Å²) >= 11 is 0. The molecule has 1 aromatic rings. The smallest absolute Gasteiger partial charge is 0.391 e. The summed E-state index contributed by atoms with van der Waals surface area (Å²) in [5, 5.41) is 10.1. The van der Waals surface area contributed by atoms with Gasteiger partial charge in [0.15, 0.2) is 0 Å². The molecule has 1 aliphatic carbocycles. The molecule has 5 heteroatoms. The summed E-state index contributed by atoms with van der Waals surface area (Å²) in [7, 11) is 0. The molecule has 20 heavy (non-hydrogen) atoms. The molecule has 0 aliphatic heterocycles. The quantitative estimate of drug-likeness (QED) is 0.831. The molecular weight excluding hydrogens is 272 g/mol. The number of halogens is 4. The highest BCUT2D eigenvalue weighted by molar-refractivity contribution is 5.17. The zero-order chi connectivity index (χ0) is 14.8. The minimum Gasteiger partial charge on any atom is -0.392 e. The zero-order valence-electron chi connectivity index (χ0n) is 11.0. The van der Waals surface area contributed by atoms with Crippen LogP contribution >= 0.6 is 0 Å². The van der Waals surface area contributed by atoms with Gasteiger partial charge in [-0.15, -0.1) is 0 Å². The molecule has 0 heterocycles. The van der Waals surface area contributed by atoms with E-state index in [0.717, 1.165) is 5.56 Å². The fourth-order valence-electron chi connectivity index (χ4n) is 2.86. The van der Waals surface area contributed by atoms with Gasteiger partial charge < -0.3 is 5.11 Å². The highest BCUT2D eigenvalue weighted by atomic mass is 19.4. The van der Waals surface area contributed by atoms with Gasteiger partial charge in [-0.25, -0.2) is 4.39 Å². The predicted octanol–water partition coefficient (Wildman–Crippen LogP) is 4.10. The van der Waals surface area contributed by atoms with Gasteiger partial charge in [0.1, 0.15) is 5.82 Å². The molecule has 1 N–H and O–H groups in total. The average molecular weight is 290 g/mol. The van der Waals surface area contributed by atoms with E-state index in [1.54, 1.807) is 12.1 Å². The molecule has 0 spiro atoms. The largest absolute Gasteiger partial charge is 0.392 e. The highest BCUT2D eigenvalue weighted by Gasteiger charge is 2.42. The molecule has 1 nitrogen and oxygen atoms in total. The Hall–Kier alpha value is -1.10. The standard InChI is InChI=1S/C15H18F4O/c16-13-7-1-10(2-8-13)9-14(20)11-3-5-12(6-4-11)15(17,18)19/h1-2,7-8,11-12,14,20H,3-6,9H2. The Bertz CT molecular complexity index is 418. The molecule has 0 bridgehead atoms. The lowest BCUT2D eigenvalue weighted by molar-refractivity contribution is -0.185. The Labute approximate surface area is 115 Å². The van der Waals surface area contributed by atoms with Crippen LogP contribution in [0.1, 0.15) is 31.2 Å². The first-order valence-corrected chi connectivity index (χ1v) is 6.85. The summed E-state index contributed by atoms with van der Waals surface area (Å²) in [5.41, 5.74) is 0.803. The molecule has 0 radical (unpaired) electrons. The Morgan fingerprint density at radius 3 is 2.10 bits per heavy atom. The fraction of sp³-hybridized carbons (Fsp3) is 0.600. The van der Waals surface area contributed by atoms with E-state index in [-0.39, 0.29) is 24.6 Å². The number of rotatable bonds is 3. The molecular formula is C15H18F4O. The Morgan fingerprint density at radius 2 is 1.60 bits per heavy atom. The second-order valence-corrected chi connectivity index (χ2v) is 5.55. The Balaban J connectivity index is 1.85. The molecule has 1 fully saturated rings. The third kappa shape index (κ3) is 3.95. The van der Waals surface area contributed by atoms with E-state index < -0.39 is 18.2 Å². The lowest BCUT2D eigenvalue weighted by Gasteiger charge is -2.32. The van der Waals surface area contributed by atoms with Crippen molar-refractivity contribution in [1.82, 2.24) is 0 Å². The van der Waals surface area contributed by atoms with Gasteiger partial charge in [-0.05, 0) is 55.7 Å². The highest BCUT2D eigenvalue weighted by Crippen LogP contribution is 2.40. The van der Waals surface area contributed by atoms with Crippen molar-refractivity contribution in [1.29, 1.82) is 0 Å². The van der Waals surface area contributed by atoms with Crippen LogP contribution in [0.25, 0.3) is 0 Å². The van der Waals surface area contributed by atoms with Crippen LogP contribution in [0.15, 0.2) is 24.3 Å². The number of alkyl halides is 3. The maximum absolute atomic E-state index is 12.8. The van der Waals surface area contributed by atoms with E-state index >= 15 is 0 Å². The normalized spacial score (nSPS) is 25.4. The first-order chi connectivity index (χ1) is 9.36. The van der Waals surface area contributed by atoms with E-state index in [1.807, 2.05) is 0 Å². The lowest BCUT2D eigenvalue weighted by Crippen LogP contribution is -2.32. The average Bonchev–Trinajstić information content (AvgIpc) is 2.40. The van der Waals surface area contributed by atoms with Crippen LogP contribution < -0.4 is 0 Å². The van der Waals surface area contributed by atoms with Crippen LogP contribution in [0.2, 0.25) is 0 Å². The van der Waals surface area contributed by atoms with E-state index in [0.29, 0.717) is 19.3 Å². The first-order valence-electron chi connectivity index (χ1n) is 6.85. The number of aliphatic hydroxyl groups is 1. The number of hydrogen-bond acceptors (Lipinski definition) is 1. The van der Waals surface area contributed by atoms with Crippen LogP contribution in [-0.4, -0.2) is 17.4 Å². The van der Waals surface area contributed by atoms with Gasteiger partial charge in [-0.1, -0.05) is 12.1 Å². The van der Waals surface area contributed by atoms with Crippen LogP contribution in [0, 0.1) is 17.7 Å². The molecule has 0 saturated heterocycles. The minimum atomic E-state index is -4.12. The molecule has 2 rings (SSSR count). The van der Waals surface area contributed by atoms with Crippen molar-refractivity contribution in [2.75, 3.05) is 0 Å². The molecule has 1 aromatic carbocycles. The molecule has 1 unspecified atom stereocenters. The van der Waals surface area contributed by atoms with E-state index in [4.69, 9.17) is 0 Å². The maximum Gasteiger partial charge on any atom is 0.391 e. The lowest BCUT2D eigenvalue weighted by atomic mass is 9.78. The predicted molar refractivity (Wildman–Crippen MR) is 67.6 cm³/mol. The van der Waals surface area contributed by atoms with Gasteiger partial charge in [0.25, 0.3) is 0 Å². The van der Waals surface area contributed by atoms with Crippen LogP contribution in [0.4, 0.5) is 17.6 Å². The Kier molecular flexibility index (Phi) is 4.68. The van der Waals surface area contributed by atoms with Gasteiger partial charge in [-0.2, -0.15) is 13.2 Å². The van der Waals surface area contributed by atoms with Gasteiger partial charge in [-0.3, -0.25) is 0 Å². The number of benzene rings is 1. The van der Waals surface area contributed by atoms with Crippen LogP contribution in [0.5, 0.6) is 0 Å². The maximum atomic E-state index is 12.8.